The zero-order valence-corrected chi connectivity index (χ0v) is 27.1. The van der Waals surface area contributed by atoms with Crippen LogP contribution in [0.25, 0.3) is 37.6 Å². The van der Waals surface area contributed by atoms with Gasteiger partial charge in [-0.15, -0.1) is 0 Å². The number of anilines is 1. The van der Waals surface area contributed by atoms with Crippen molar-refractivity contribution < 1.29 is 18.3 Å². The summed E-state index contributed by atoms with van der Waals surface area (Å²) in [6, 6.07) is 12.2. The molecule has 0 aliphatic carbocycles. The van der Waals surface area contributed by atoms with Crippen molar-refractivity contribution >= 4 is 56.6 Å². The summed E-state index contributed by atoms with van der Waals surface area (Å²) in [6.07, 6.45) is 2.41. The maximum Gasteiger partial charge on any atom is 0.319 e. The largest absolute Gasteiger partial charge is 0.461 e. The van der Waals surface area contributed by atoms with Gasteiger partial charge in [0.15, 0.2) is 5.82 Å². The van der Waals surface area contributed by atoms with Gasteiger partial charge in [-0.05, 0) is 48.5 Å². The third-order valence-electron chi connectivity index (χ3n) is 9.74. The number of rotatable bonds is 7. The number of ether oxygens (including phenoxy) is 1. The van der Waals surface area contributed by atoms with Gasteiger partial charge in [-0.3, -0.25) is 9.69 Å². The molecule has 3 fully saturated rings. The van der Waals surface area contributed by atoms with E-state index >= 15 is 4.39 Å². The topological polar surface area (TPSA) is 66.2 Å². The monoisotopic (exact) mass is 676 g/mol. The van der Waals surface area contributed by atoms with Gasteiger partial charge in [0, 0.05) is 54.0 Å². The summed E-state index contributed by atoms with van der Waals surface area (Å²) in [6.45, 7) is 13.5. The number of nitrogens with zero attached hydrogens (tertiary/aromatic N) is 6. The summed E-state index contributed by atoms with van der Waals surface area (Å²) < 4.78 is 37.7. The fraction of sp³-hybridized carbons (Fsp3) is 0.371. The Hall–Kier alpha value is -4.04. The maximum atomic E-state index is 17.0. The average molecular weight is 678 g/mol. The quantitative estimate of drug-likeness (QED) is 0.156. The molecule has 0 spiro atoms. The third-order valence-corrected chi connectivity index (χ3v) is 10.4. The number of piperazine rings is 1. The summed E-state index contributed by atoms with van der Waals surface area (Å²) in [4.78, 5) is 31.2. The lowest BCUT2D eigenvalue weighted by Crippen LogP contribution is -2.56. The number of benzene rings is 3. The molecule has 1 aromatic heterocycles. The van der Waals surface area contributed by atoms with E-state index in [0.29, 0.717) is 53.2 Å². The smallest absolute Gasteiger partial charge is 0.319 e. The molecular formula is C35H32Cl2F2N6O2. The predicted molar refractivity (Wildman–Crippen MR) is 180 cm³/mol. The zero-order valence-electron chi connectivity index (χ0n) is 25.6. The van der Waals surface area contributed by atoms with Crippen molar-refractivity contribution in [2.24, 2.45) is 0 Å². The minimum atomic E-state index is -0.935. The highest BCUT2D eigenvalue weighted by molar-refractivity contribution is 6.38. The number of halogens is 4. The molecule has 47 heavy (non-hydrogen) atoms. The molecule has 3 saturated heterocycles. The van der Waals surface area contributed by atoms with Crippen LogP contribution in [0.2, 0.25) is 10.0 Å². The van der Waals surface area contributed by atoms with Crippen molar-refractivity contribution in [2.45, 2.75) is 37.0 Å². The van der Waals surface area contributed by atoms with Crippen molar-refractivity contribution in [3.63, 3.8) is 0 Å². The molecule has 242 valence electrons. The Balaban J connectivity index is 1.36. The van der Waals surface area contributed by atoms with Gasteiger partial charge in [0.25, 0.3) is 0 Å². The second-order valence-corrected chi connectivity index (χ2v) is 13.3. The lowest BCUT2D eigenvalue weighted by molar-refractivity contribution is -0.128. The normalized spacial score (nSPS) is 22.9. The van der Waals surface area contributed by atoms with Crippen LogP contribution in [0, 0.1) is 12.4 Å². The molecule has 4 heterocycles. The summed E-state index contributed by atoms with van der Waals surface area (Å²) in [5, 5.41) is 2.47. The van der Waals surface area contributed by atoms with E-state index in [2.05, 4.69) is 21.3 Å². The van der Waals surface area contributed by atoms with Crippen LogP contribution in [0.1, 0.15) is 19.3 Å². The Morgan fingerprint density at radius 1 is 1.15 bits per heavy atom. The molecule has 0 N–H and O–H groups in total. The maximum absolute atomic E-state index is 17.0. The molecule has 1 amide bonds. The number of hydrogen-bond acceptors (Lipinski definition) is 6. The van der Waals surface area contributed by atoms with Crippen LogP contribution in [0.4, 0.5) is 14.6 Å². The molecular weight excluding hydrogens is 645 g/mol. The van der Waals surface area contributed by atoms with E-state index in [0.717, 1.165) is 24.8 Å². The Bertz CT molecular complexity index is 1950. The van der Waals surface area contributed by atoms with Crippen molar-refractivity contribution in [2.75, 3.05) is 50.8 Å². The van der Waals surface area contributed by atoms with E-state index in [-0.39, 0.29) is 47.7 Å². The number of carbonyl (C=O) groups excluding carboxylic acids is 1. The van der Waals surface area contributed by atoms with Gasteiger partial charge in [-0.1, -0.05) is 60.1 Å². The fourth-order valence-corrected chi connectivity index (χ4v) is 8.16. The fourth-order valence-electron chi connectivity index (χ4n) is 7.58. The van der Waals surface area contributed by atoms with E-state index in [4.69, 9.17) is 39.5 Å². The number of aromatic nitrogens is 2. The van der Waals surface area contributed by atoms with Gasteiger partial charge in [0.2, 0.25) is 12.5 Å². The molecule has 3 aliphatic heterocycles. The number of fused-ring (bicyclic) bond motifs is 3. The predicted octanol–water partition coefficient (Wildman–Crippen LogP) is 6.97. The Morgan fingerprint density at radius 2 is 1.96 bits per heavy atom. The van der Waals surface area contributed by atoms with Crippen molar-refractivity contribution in [3.05, 3.63) is 82.4 Å². The first-order valence-corrected chi connectivity index (χ1v) is 16.4. The molecule has 4 aromatic rings. The van der Waals surface area contributed by atoms with Gasteiger partial charge in [0.1, 0.15) is 30.2 Å². The first-order chi connectivity index (χ1) is 22.7. The molecule has 0 saturated carbocycles. The summed E-state index contributed by atoms with van der Waals surface area (Å²) in [5.41, 5.74) is 0.223. The van der Waals surface area contributed by atoms with Crippen LogP contribution < -0.4 is 9.64 Å². The first kappa shape index (κ1) is 31.6. The third kappa shape index (κ3) is 5.54. The van der Waals surface area contributed by atoms with Gasteiger partial charge >= 0.3 is 6.01 Å². The van der Waals surface area contributed by atoms with Gasteiger partial charge in [-0.25, -0.2) is 15.4 Å². The minimum absolute atomic E-state index is 0.00958. The molecule has 0 unspecified atom stereocenters. The number of alkyl halides is 1. The highest BCUT2D eigenvalue weighted by Crippen LogP contribution is 2.44. The van der Waals surface area contributed by atoms with Gasteiger partial charge in [0.05, 0.1) is 10.6 Å². The number of hydrogen-bond donors (Lipinski definition) is 0. The minimum Gasteiger partial charge on any atom is -0.461 e. The molecule has 12 heteroatoms. The van der Waals surface area contributed by atoms with Crippen LogP contribution >= 0.6 is 23.2 Å². The number of carbonyl (C=O) groups is 1. The van der Waals surface area contributed by atoms with Gasteiger partial charge < -0.3 is 19.4 Å². The first-order valence-electron chi connectivity index (χ1n) is 15.6. The molecule has 0 radical (unpaired) electrons. The average Bonchev–Trinajstić information content (AvgIpc) is 3.59. The van der Waals surface area contributed by atoms with E-state index in [1.54, 1.807) is 23.1 Å². The van der Waals surface area contributed by atoms with Gasteiger partial charge in [-0.2, -0.15) is 9.97 Å². The zero-order chi connectivity index (χ0) is 32.9. The van der Waals surface area contributed by atoms with Crippen molar-refractivity contribution in [1.29, 1.82) is 0 Å². The Labute approximate surface area is 281 Å². The molecule has 7 rings (SSSR count). The summed E-state index contributed by atoms with van der Waals surface area (Å²) in [7, 11) is 0. The highest BCUT2D eigenvalue weighted by atomic mass is 35.5. The lowest BCUT2D eigenvalue weighted by atomic mass is 9.95. The highest BCUT2D eigenvalue weighted by Gasteiger charge is 2.49. The SMILES string of the molecule is [C-]#[N+]C[C@H]1CN(c2nc(OC[C@@]34CCCN3C[C@H](F)C4)nc3c(F)c(-c4cccc5cccc(Cl)c45)c(Cl)cc23)CCN1C(=O)C=C. The van der Waals surface area contributed by atoms with E-state index in [1.807, 2.05) is 29.2 Å². The second kappa shape index (κ2) is 12.5. The van der Waals surface area contributed by atoms with E-state index in [1.165, 1.54) is 6.08 Å². The van der Waals surface area contributed by atoms with Crippen LogP contribution in [-0.2, 0) is 4.79 Å². The van der Waals surface area contributed by atoms with E-state index < -0.39 is 23.6 Å². The van der Waals surface area contributed by atoms with Crippen LogP contribution in [0.15, 0.2) is 55.1 Å². The van der Waals surface area contributed by atoms with Crippen LogP contribution in [-0.4, -0.2) is 89.3 Å². The summed E-state index contributed by atoms with van der Waals surface area (Å²) in [5.74, 6) is -0.535. The number of amides is 1. The Kier molecular flexibility index (Phi) is 8.41. The van der Waals surface area contributed by atoms with Crippen molar-refractivity contribution in [3.8, 4) is 17.1 Å². The molecule has 0 bridgehead atoms. The molecule has 3 aliphatic rings. The van der Waals surface area contributed by atoms with Crippen LogP contribution in [0.3, 0.4) is 0 Å². The summed E-state index contributed by atoms with van der Waals surface area (Å²) >= 11 is 13.5. The van der Waals surface area contributed by atoms with Crippen LogP contribution in [0.5, 0.6) is 6.01 Å². The van der Waals surface area contributed by atoms with E-state index in [9.17, 15) is 9.18 Å². The molecule has 3 atom stereocenters. The molecule has 3 aromatic carbocycles. The lowest BCUT2D eigenvalue weighted by Gasteiger charge is -2.39. The molecule has 8 nitrogen and oxygen atoms in total. The second-order valence-electron chi connectivity index (χ2n) is 12.5. The Morgan fingerprint density at radius 3 is 2.74 bits per heavy atom. The standard InChI is InChI=1S/C35H32Cl2F2N6O2/c1-3-28(46)45-14-13-43(19-23(45)17-40-2)33-25-15-27(37)30(24-9-4-7-21-8-5-10-26(36)29(21)24)31(39)32(25)41-34(42-33)47-20-35-11-6-12-44(35)18-22(38)16-35/h3-5,7-10,15,22-23H,1,6,11-14,16-20H2/t22-,23+,35+/m1/s1. The van der Waals surface area contributed by atoms with Crippen molar-refractivity contribution in [1.82, 2.24) is 19.8 Å².